The zero-order chi connectivity index (χ0) is 17.8. The minimum atomic E-state index is -0.407. The van der Waals surface area contributed by atoms with E-state index in [9.17, 15) is 4.79 Å². The molecule has 0 fully saturated rings. The highest BCUT2D eigenvalue weighted by molar-refractivity contribution is 6.05. The summed E-state index contributed by atoms with van der Waals surface area (Å²) < 4.78 is 21.1. The van der Waals surface area contributed by atoms with Crippen LogP contribution in [0.3, 0.4) is 0 Å². The minimum absolute atomic E-state index is 0.407. The van der Waals surface area contributed by atoms with Crippen molar-refractivity contribution < 1.29 is 23.7 Å². The molecule has 0 unspecified atom stereocenters. The molecule has 0 spiro atoms. The standard InChI is InChI=1S/C20H18O5/c1-22-15-6-4-13(5-7-15)10-14-11-19(25-20(14)21)17-12-16(23-2)8-9-18(17)24-3/h4-12H,1-3H3. The smallest absolute Gasteiger partial charge is 0.343 e. The summed E-state index contributed by atoms with van der Waals surface area (Å²) in [5.41, 5.74) is 2.00. The van der Waals surface area contributed by atoms with Crippen LogP contribution in [0.5, 0.6) is 17.2 Å². The van der Waals surface area contributed by atoms with Crippen LogP contribution in [0, 0.1) is 0 Å². The average molecular weight is 338 g/mol. The zero-order valence-corrected chi connectivity index (χ0v) is 14.2. The summed E-state index contributed by atoms with van der Waals surface area (Å²) >= 11 is 0. The Balaban J connectivity index is 1.95. The molecule has 2 aromatic rings. The molecular formula is C20H18O5. The van der Waals surface area contributed by atoms with Crippen molar-refractivity contribution in [2.24, 2.45) is 0 Å². The number of hydrogen-bond acceptors (Lipinski definition) is 5. The molecule has 5 nitrogen and oxygen atoms in total. The van der Waals surface area contributed by atoms with Gasteiger partial charge in [-0.05, 0) is 48.0 Å². The summed E-state index contributed by atoms with van der Waals surface area (Å²) in [5.74, 6) is 2.04. The van der Waals surface area contributed by atoms with Crippen LogP contribution in [0.4, 0.5) is 0 Å². The lowest BCUT2D eigenvalue weighted by atomic mass is 10.1. The lowest BCUT2D eigenvalue weighted by molar-refractivity contribution is -0.130. The molecule has 0 N–H and O–H groups in total. The molecule has 0 atom stereocenters. The highest BCUT2D eigenvalue weighted by Crippen LogP contribution is 2.35. The van der Waals surface area contributed by atoms with E-state index in [0.717, 1.165) is 11.3 Å². The van der Waals surface area contributed by atoms with Crippen LogP contribution < -0.4 is 14.2 Å². The lowest BCUT2D eigenvalue weighted by Crippen LogP contribution is -1.98. The summed E-state index contributed by atoms with van der Waals surface area (Å²) in [6.07, 6.45) is 3.46. The van der Waals surface area contributed by atoms with Gasteiger partial charge in [0.05, 0.1) is 32.5 Å². The first kappa shape index (κ1) is 16.6. The van der Waals surface area contributed by atoms with Gasteiger partial charge >= 0.3 is 5.97 Å². The predicted octanol–water partition coefficient (Wildman–Crippen LogP) is 3.69. The van der Waals surface area contributed by atoms with E-state index in [1.165, 1.54) is 0 Å². The molecule has 0 bridgehead atoms. The van der Waals surface area contributed by atoms with Crippen LogP contribution in [0.15, 0.2) is 54.1 Å². The quantitative estimate of drug-likeness (QED) is 0.615. The SMILES string of the molecule is COc1ccc(C=C2C=C(c3cc(OC)ccc3OC)OC2=O)cc1. The van der Waals surface area contributed by atoms with Crippen molar-refractivity contribution in [2.75, 3.05) is 21.3 Å². The van der Waals surface area contributed by atoms with Gasteiger partial charge in [0.25, 0.3) is 0 Å². The molecule has 1 heterocycles. The number of benzene rings is 2. The molecule has 5 heteroatoms. The maximum absolute atomic E-state index is 12.2. The Bertz CT molecular complexity index is 847. The van der Waals surface area contributed by atoms with Gasteiger partial charge in [0.2, 0.25) is 0 Å². The summed E-state index contributed by atoms with van der Waals surface area (Å²) in [4.78, 5) is 12.2. The van der Waals surface area contributed by atoms with E-state index in [1.807, 2.05) is 24.3 Å². The molecule has 0 saturated heterocycles. The first-order valence-electron chi connectivity index (χ1n) is 7.66. The van der Waals surface area contributed by atoms with E-state index >= 15 is 0 Å². The second-order valence-electron chi connectivity index (χ2n) is 5.34. The predicted molar refractivity (Wildman–Crippen MR) is 94.6 cm³/mol. The van der Waals surface area contributed by atoms with Gasteiger partial charge in [-0.15, -0.1) is 0 Å². The fourth-order valence-corrected chi connectivity index (χ4v) is 2.51. The monoisotopic (exact) mass is 338 g/mol. The van der Waals surface area contributed by atoms with Gasteiger partial charge in [0.15, 0.2) is 0 Å². The Labute approximate surface area is 146 Å². The van der Waals surface area contributed by atoms with Gasteiger partial charge in [0, 0.05) is 0 Å². The molecule has 1 aliphatic heterocycles. The number of cyclic esters (lactones) is 1. The molecule has 0 aromatic heterocycles. The summed E-state index contributed by atoms with van der Waals surface area (Å²) in [7, 11) is 4.75. The van der Waals surface area contributed by atoms with Crippen LogP contribution in [0.2, 0.25) is 0 Å². The van der Waals surface area contributed by atoms with Crippen LogP contribution in [0.1, 0.15) is 11.1 Å². The van der Waals surface area contributed by atoms with Crippen molar-refractivity contribution in [3.8, 4) is 17.2 Å². The third kappa shape index (κ3) is 3.50. The molecule has 0 saturated carbocycles. The number of carbonyl (C=O) groups excluding carboxylic acids is 1. The average Bonchev–Trinajstić information content (AvgIpc) is 3.02. The van der Waals surface area contributed by atoms with E-state index in [2.05, 4.69) is 0 Å². The van der Waals surface area contributed by atoms with Crippen molar-refractivity contribution in [3.63, 3.8) is 0 Å². The molecule has 1 aliphatic rings. The van der Waals surface area contributed by atoms with Crippen LogP contribution in [-0.2, 0) is 9.53 Å². The van der Waals surface area contributed by atoms with Crippen molar-refractivity contribution in [1.29, 1.82) is 0 Å². The molecule has 2 aromatic carbocycles. The largest absolute Gasteiger partial charge is 0.497 e. The molecule has 128 valence electrons. The number of rotatable bonds is 5. The van der Waals surface area contributed by atoms with Crippen LogP contribution in [-0.4, -0.2) is 27.3 Å². The van der Waals surface area contributed by atoms with E-state index in [4.69, 9.17) is 18.9 Å². The Morgan fingerprint density at radius 3 is 2.20 bits per heavy atom. The van der Waals surface area contributed by atoms with Gasteiger partial charge in [0.1, 0.15) is 23.0 Å². The Hall–Kier alpha value is -3.21. The summed E-state index contributed by atoms with van der Waals surface area (Å²) in [6, 6.07) is 12.7. The van der Waals surface area contributed by atoms with Crippen molar-refractivity contribution in [3.05, 3.63) is 65.2 Å². The minimum Gasteiger partial charge on any atom is -0.497 e. The number of hydrogen-bond donors (Lipinski definition) is 0. The molecule has 0 aliphatic carbocycles. The van der Waals surface area contributed by atoms with Crippen LogP contribution >= 0.6 is 0 Å². The maximum atomic E-state index is 12.2. The van der Waals surface area contributed by atoms with E-state index in [-0.39, 0.29) is 0 Å². The topological polar surface area (TPSA) is 54.0 Å². The van der Waals surface area contributed by atoms with Gasteiger partial charge < -0.3 is 18.9 Å². The van der Waals surface area contributed by atoms with Crippen molar-refractivity contribution >= 4 is 17.8 Å². The zero-order valence-electron chi connectivity index (χ0n) is 14.2. The lowest BCUT2D eigenvalue weighted by Gasteiger charge is -2.10. The summed E-state index contributed by atoms with van der Waals surface area (Å²) in [6.45, 7) is 0. The molecule has 25 heavy (non-hydrogen) atoms. The fraction of sp³-hybridized carbons (Fsp3) is 0.150. The first-order valence-corrected chi connectivity index (χ1v) is 7.66. The van der Waals surface area contributed by atoms with Gasteiger partial charge in [-0.1, -0.05) is 12.1 Å². The number of methoxy groups -OCH3 is 3. The van der Waals surface area contributed by atoms with Gasteiger partial charge in [-0.25, -0.2) is 4.79 Å². The highest BCUT2D eigenvalue weighted by Gasteiger charge is 2.24. The van der Waals surface area contributed by atoms with Crippen molar-refractivity contribution in [2.45, 2.75) is 0 Å². The Kier molecular flexibility index (Phi) is 4.75. The molecule has 3 rings (SSSR count). The second kappa shape index (κ2) is 7.13. The van der Waals surface area contributed by atoms with E-state index < -0.39 is 5.97 Å². The van der Waals surface area contributed by atoms with Crippen molar-refractivity contribution in [1.82, 2.24) is 0 Å². The number of ether oxygens (including phenoxy) is 4. The van der Waals surface area contributed by atoms with Gasteiger partial charge in [-0.3, -0.25) is 0 Å². The van der Waals surface area contributed by atoms with E-state index in [1.54, 1.807) is 51.7 Å². The normalized spacial score (nSPS) is 14.9. The Morgan fingerprint density at radius 2 is 1.56 bits per heavy atom. The fourth-order valence-electron chi connectivity index (χ4n) is 2.51. The third-order valence-corrected chi connectivity index (χ3v) is 3.84. The first-order chi connectivity index (χ1) is 12.1. The summed E-state index contributed by atoms with van der Waals surface area (Å²) in [5, 5.41) is 0. The number of esters is 1. The van der Waals surface area contributed by atoms with Gasteiger partial charge in [-0.2, -0.15) is 0 Å². The maximum Gasteiger partial charge on any atom is 0.343 e. The Morgan fingerprint density at radius 1 is 0.880 bits per heavy atom. The number of carbonyl (C=O) groups is 1. The molecular weight excluding hydrogens is 320 g/mol. The third-order valence-electron chi connectivity index (χ3n) is 3.84. The van der Waals surface area contributed by atoms with E-state index in [0.29, 0.717) is 28.4 Å². The van der Waals surface area contributed by atoms with Crippen LogP contribution in [0.25, 0.3) is 11.8 Å². The highest BCUT2D eigenvalue weighted by atomic mass is 16.5. The molecule has 0 amide bonds. The second-order valence-corrected chi connectivity index (χ2v) is 5.34. The molecule has 0 radical (unpaired) electrons.